The van der Waals surface area contributed by atoms with E-state index < -0.39 is 28.8 Å². The first-order valence-electron chi connectivity index (χ1n) is 6.16. The summed E-state index contributed by atoms with van der Waals surface area (Å²) in [6.45, 7) is -0.0664. The smallest absolute Gasteiger partial charge is 0.398 e. The molecule has 0 unspecified atom stereocenters. The molecule has 1 aromatic carbocycles. The molecule has 0 heterocycles. The Morgan fingerprint density at radius 3 is 2.43 bits per heavy atom. The van der Waals surface area contributed by atoms with Gasteiger partial charge in [-0.15, -0.1) is 0 Å². The second kappa shape index (κ2) is 5.33. The van der Waals surface area contributed by atoms with Crippen molar-refractivity contribution in [3.63, 3.8) is 0 Å². The van der Waals surface area contributed by atoms with Gasteiger partial charge in [0.2, 0.25) is 10.0 Å². The van der Waals surface area contributed by atoms with E-state index >= 15 is 0 Å². The Kier molecular flexibility index (Phi) is 4.16. The molecule has 1 aliphatic rings. The van der Waals surface area contributed by atoms with Crippen LogP contribution < -0.4 is 5.73 Å². The van der Waals surface area contributed by atoms with Gasteiger partial charge in [0.25, 0.3) is 0 Å². The monoisotopic (exact) mass is 342 g/mol. The van der Waals surface area contributed by atoms with Gasteiger partial charge in [0, 0.05) is 16.8 Å². The van der Waals surface area contributed by atoms with E-state index in [1.54, 1.807) is 0 Å². The van der Waals surface area contributed by atoms with Crippen molar-refractivity contribution >= 4 is 27.3 Å². The first-order chi connectivity index (χ1) is 9.52. The molecule has 4 nitrogen and oxygen atoms in total. The summed E-state index contributed by atoms with van der Waals surface area (Å²) in [5.41, 5.74) is 5.98. The fraction of sp³-hybridized carbons (Fsp3) is 0.500. The van der Waals surface area contributed by atoms with Crippen LogP contribution in [0.4, 0.5) is 18.9 Å². The highest BCUT2D eigenvalue weighted by molar-refractivity contribution is 7.89. The molecule has 21 heavy (non-hydrogen) atoms. The van der Waals surface area contributed by atoms with Crippen LogP contribution in [0, 0.1) is 6.92 Å². The number of halogens is 4. The molecule has 0 spiro atoms. The highest BCUT2D eigenvalue weighted by Crippen LogP contribution is 2.37. The van der Waals surface area contributed by atoms with E-state index in [0.29, 0.717) is 17.1 Å². The van der Waals surface area contributed by atoms with Crippen LogP contribution in [0.1, 0.15) is 18.4 Å². The summed E-state index contributed by atoms with van der Waals surface area (Å²) in [6.07, 6.45) is -3.76. The zero-order valence-corrected chi connectivity index (χ0v) is 12.7. The Labute approximate surface area is 125 Å². The standard InChI is InChI=1S/C12H14ClF3N2O2S/c1-7-10(17)4-8(13)5-11(7)21(19,20)18(9-2-3-9)6-12(14,15)16/h4-5,9H,2-3,6,17H2,1H3. The molecule has 0 radical (unpaired) electrons. The van der Waals surface area contributed by atoms with Gasteiger partial charge in [-0.25, -0.2) is 8.42 Å². The van der Waals surface area contributed by atoms with Crippen molar-refractivity contribution in [3.8, 4) is 0 Å². The van der Waals surface area contributed by atoms with Crippen LogP contribution in [-0.4, -0.2) is 31.5 Å². The maximum absolute atomic E-state index is 12.6. The highest BCUT2D eigenvalue weighted by atomic mass is 35.5. The van der Waals surface area contributed by atoms with Crippen LogP contribution in [0.15, 0.2) is 17.0 Å². The highest BCUT2D eigenvalue weighted by Gasteiger charge is 2.45. The molecule has 0 aliphatic heterocycles. The van der Waals surface area contributed by atoms with E-state index in [2.05, 4.69) is 0 Å². The second-order valence-electron chi connectivity index (χ2n) is 5.01. The van der Waals surface area contributed by atoms with Gasteiger partial charge in [-0.3, -0.25) is 0 Å². The van der Waals surface area contributed by atoms with Crippen molar-refractivity contribution in [2.45, 2.75) is 36.9 Å². The molecule has 2 N–H and O–H groups in total. The first-order valence-corrected chi connectivity index (χ1v) is 7.98. The summed E-state index contributed by atoms with van der Waals surface area (Å²) in [4.78, 5) is -0.274. The number of nitrogens with zero attached hydrogens (tertiary/aromatic N) is 1. The second-order valence-corrected chi connectivity index (χ2v) is 7.31. The third kappa shape index (κ3) is 3.61. The molecule has 1 fully saturated rings. The number of benzene rings is 1. The molecular weight excluding hydrogens is 329 g/mol. The molecule has 0 aromatic heterocycles. The predicted octanol–water partition coefficient (Wildman–Crippen LogP) is 2.95. The lowest BCUT2D eigenvalue weighted by atomic mass is 10.2. The lowest BCUT2D eigenvalue weighted by molar-refractivity contribution is -0.137. The summed E-state index contributed by atoms with van der Waals surface area (Å²) in [5, 5.41) is 0.0689. The lowest BCUT2D eigenvalue weighted by Crippen LogP contribution is -2.40. The van der Waals surface area contributed by atoms with Gasteiger partial charge in [-0.05, 0) is 37.5 Å². The van der Waals surface area contributed by atoms with Crippen molar-refractivity contribution in [2.24, 2.45) is 0 Å². The molecule has 0 bridgehead atoms. The number of sulfonamides is 1. The SMILES string of the molecule is Cc1c(N)cc(Cl)cc1S(=O)(=O)N(CC(F)(F)F)C1CC1. The van der Waals surface area contributed by atoms with Crippen molar-refractivity contribution in [1.29, 1.82) is 0 Å². The summed E-state index contributed by atoms with van der Waals surface area (Å²) in [5.74, 6) is 0. The van der Waals surface area contributed by atoms with Crippen LogP contribution in [0.3, 0.4) is 0 Å². The molecule has 1 aliphatic carbocycles. The quantitative estimate of drug-likeness (QED) is 0.856. The number of alkyl halides is 3. The van der Waals surface area contributed by atoms with Gasteiger partial charge < -0.3 is 5.73 Å². The van der Waals surface area contributed by atoms with Crippen molar-refractivity contribution in [1.82, 2.24) is 4.31 Å². The number of rotatable bonds is 4. The van der Waals surface area contributed by atoms with E-state index in [4.69, 9.17) is 17.3 Å². The first kappa shape index (κ1) is 16.4. The maximum atomic E-state index is 12.6. The molecule has 118 valence electrons. The van der Waals surface area contributed by atoms with Gasteiger partial charge in [0.05, 0.1) is 4.90 Å². The number of nitrogens with two attached hydrogens (primary N) is 1. The van der Waals surface area contributed by atoms with Gasteiger partial charge in [0.15, 0.2) is 0 Å². The van der Waals surface area contributed by atoms with Gasteiger partial charge in [0.1, 0.15) is 6.54 Å². The van der Waals surface area contributed by atoms with E-state index in [-0.39, 0.29) is 21.2 Å². The molecular formula is C12H14ClF3N2O2S. The number of hydrogen-bond donors (Lipinski definition) is 1. The average Bonchev–Trinajstić information content (AvgIpc) is 3.13. The van der Waals surface area contributed by atoms with Crippen molar-refractivity contribution in [3.05, 3.63) is 22.7 Å². The molecule has 9 heteroatoms. The summed E-state index contributed by atoms with van der Waals surface area (Å²) < 4.78 is 63.5. The van der Waals surface area contributed by atoms with Gasteiger partial charge in [-0.2, -0.15) is 17.5 Å². The largest absolute Gasteiger partial charge is 0.402 e. The number of hydrogen-bond acceptors (Lipinski definition) is 3. The van der Waals surface area contributed by atoms with E-state index in [1.165, 1.54) is 13.0 Å². The molecule has 1 aromatic rings. The summed E-state index contributed by atoms with van der Waals surface area (Å²) >= 11 is 5.78. The van der Waals surface area contributed by atoms with Crippen LogP contribution in [0.5, 0.6) is 0 Å². The lowest BCUT2D eigenvalue weighted by Gasteiger charge is -2.24. The topological polar surface area (TPSA) is 63.4 Å². The van der Waals surface area contributed by atoms with Crippen molar-refractivity contribution < 1.29 is 21.6 Å². The molecule has 0 amide bonds. The van der Waals surface area contributed by atoms with E-state index in [0.717, 1.165) is 6.07 Å². The normalized spacial score (nSPS) is 16.5. The predicted molar refractivity (Wildman–Crippen MR) is 73.6 cm³/mol. The van der Waals surface area contributed by atoms with Crippen molar-refractivity contribution in [2.75, 3.05) is 12.3 Å². The number of nitrogen functional groups attached to an aromatic ring is 1. The Bertz CT molecular complexity index is 657. The third-order valence-corrected chi connectivity index (χ3v) is 5.48. The minimum absolute atomic E-state index is 0.0689. The van der Waals surface area contributed by atoms with Crippen LogP contribution in [0.25, 0.3) is 0 Å². The van der Waals surface area contributed by atoms with Crippen LogP contribution in [0.2, 0.25) is 5.02 Å². The number of anilines is 1. The van der Waals surface area contributed by atoms with Gasteiger partial charge >= 0.3 is 6.18 Å². The minimum atomic E-state index is -4.60. The van der Waals surface area contributed by atoms with Crippen LogP contribution in [-0.2, 0) is 10.0 Å². The third-order valence-electron chi connectivity index (χ3n) is 3.24. The Morgan fingerprint density at radius 2 is 1.95 bits per heavy atom. The molecule has 0 atom stereocenters. The fourth-order valence-corrected chi connectivity index (χ4v) is 4.26. The summed E-state index contributed by atoms with van der Waals surface area (Å²) in [6, 6.07) is 1.88. The Hall–Kier alpha value is -0.990. The maximum Gasteiger partial charge on any atom is 0.402 e. The average molecular weight is 343 g/mol. The molecule has 0 saturated heterocycles. The van der Waals surface area contributed by atoms with Crippen LogP contribution >= 0.6 is 11.6 Å². The Balaban J connectivity index is 2.49. The zero-order valence-electron chi connectivity index (χ0n) is 11.1. The van der Waals surface area contributed by atoms with E-state index in [9.17, 15) is 21.6 Å². The fourth-order valence-electron chi connectivity index (χ4n) is 2.02. The minimum Gasteiger partial charge on any atom is -0.398 e. The van der Waals surface area contributed by atoms with E-state index in [1.807, 2.05) is 0 Å². The molecule has 2 rings (SSSR count). The van der Waals surface area contributed by atoms with Gasteiger partial charge in [-0.1, -0.05) is 11.6 Å². The summed E-state index contributed by atoms with van der Waals surface area (Å²) in [7, 11) is -4.30. The zero-order chi connectivity index (χ0) is 16.0. The molecule has 1 saturated carbocycles. The Morgan fingerprint density at radius 1 is 1.38 bits per heavy atom.